The molecule has 0 bridgehead atoms. The van der Waals surface area contributed by atoms with Gasteiger partial charge < -0.3 is 9.80 Å². The van der Waals surface area contributed by atoms with E-state index in [1.165, 1.54) is 33.8 Å². The summed E-state index contributed by atoms with van der Waals surface area (Å²) in [6, 6.07) is 63.1. The van der Waals surface area contributed by atoms with Crippen LogP contribution in [0.25, 0.3) is 27.6 Å². The van der Waals surface area contributed by atoms with Crippen molar-refractivity contribution in [2.75, 3.05) is 16.5 Å². The highest BCUT2D eigenvalue weighted by Gasteiger charge is 2.40. The number of hydrogen-bond donors (Lipinski definition) is 0. The Morgan fingerprint density at radius 3 is 1.56 bits per heavy atom. The Morgan fingerprint density at radius 1 is 0.409 bits per heavy atom. The van der Waals surface area contributed by atoms with Crippen molar-refractivity contribution in [3.8, 4) is 5.82 Å². The number of aromatic nitrogens is 2. The molecule has 9 aromatic rings. The number of anilines is 4. The molecule has 0 N–H and O–H groups in total. The molecule has 0 aliphatic carbocycles. The van der Waals surface area contributed by atoms with E-state index in [0.717, 1.165) is 55.6 Å². The van der Waals surface area contributed by atoms with E-state index in [1.54, 1.807) is 12.1 Å². The molecule has 0 fully saturated rings. The summed E-state index contributed by atoms with van der Waals surface area (Å²) in [4.78, 5) is 9.92. The van der Waals surface area contributed by atoms with Gasteiger partial charge in [0.2, 0.25) is 0 Å². The van der Waals surface area contributed by atoms with Gasteiger partial charge in [0.15, 0.2) is 0 Å². The molecule has 0 saturated heterocycles. The van der Waals surface area contributed by atoms with E-state index in [4.69, 9.17) is 4.98 Å². The molecule has 0 radical (unpaired) electrons. The number of fused-ring (bicyclic) bond motifs is 4. The molecule has 4 nitrogen and oxygen atoms in total. The molecule has 330 valence electrons. The molecule has 2 aromatic heterocycles. The quantitative estimate of drug-likeness (QED) is 0.149. The lowest BCUT2D eigenvalue weighted by Crippen LogP contribution is -2.31. The lowest BCUT2D eigenvalue weighted by Gasteiger charge is -2.37. The highest BCUT2D eigenvalue weighted by molar-refractivity contribution is 6.09. The Morgan fingerprint density at radius 2 is 0.955 bits per heavy atom. The molecule has 7 aromatic carbocycles. The summed E-state index contributed by atoms with van der Waals surface area (Å²) < 4.78 is 17.4. The molecule has 0 amide bonds. The van der Waals surface area contributed by atoms with Gasteiger partial charge >= 0.3 is 0 Å². The number of hydrogen-bond acceptors (Lipinski definition) is 3. The number of para-hydroxylation sites is 2. The first-order valence-electron chi connectivity index (χ1n) is 23.2. The molecule has 3 heterocycles. The fourth-order valence-corrected chi connectivity index (χ4v) is 10.1. The van der Waals surface area contributed by atoms with Gasteiger partial charge in [0.05, 0.1) is 27.8 Å². The minimum Gasteiger partial charge on any atom is -0.321 e. The number of halogens is 1. The molecular formula is C61H59FN4. The maximum Gasteiger partial charge on any atom is 0.137 e. The number of benzene rings is 7. The van der Waals surface area contributed by atoms with Crippen LogP contribution in [0.5, 0.6) is 0 Å². The van der Waals surface area contributed by atoms with Gasteiger partial charge in [-0.05, 0) is 128 Å². The average Bonchev–Trinajstić information content (AvgIpc) is 3.85. The van der Waals surface area contributed by atoms with Crippen LogP contribution in [-0.4, -0.2) is 16.2 Å². The molecule has 5 heteroatoms. The number of rotatable bonds is 7. The van der Waals surface area contributed by atoms with Crippen molar-refractivity contribution in [2.24, 2.45) is 0 Å². The zero-order chi connectivity index (χ0) is 46.2. The predicted octanol–water partition coefficient (Wildman–Crippen LogP) is 15.8. The molecule has 0 saturated carbocycles. The Hall–Kier alpha value is -6.98. The highest BCUT2D eigenvalue weighted by Crippen LogP contribution is 2.50. The van der Waals surface area contributed by atoms with Crippen LogP contribution in [0.2, 0.25) is 0 Å². The van der Waals surface area contributed by atoms with Crippen molar-refractivity contribution in [1.82, 2.24) is 9.55 Å². The van der Waals surface area contributed by atoms with Crippen molar-refractivity contribution in [3.63, 3.8) is 0 Å². The minimum atomic E-state index is -0.762. The minimum absolute atomic E-state index is 0.0119. The topological polar surface area (TPSA) is 24.3 Å². The summed E-state index contributed by atoms with van der Waals surface area (Å²) >= 11 is 0. The van der Waals surface area contributed by atoms with Gasteiger partial charge in [-0.25, -0.2) is 9.37 Å². The maximum absolute atomic E-state index is 15.2. The Labute approximate surface area is 390 Å². The number of pyridine rings is 1. The van der Waals surface area contributed by atoms with E-state index in [9.17, 15) is 0 Å². The molecule has 10 rings (SSSR count). The van der Waals surface area contributed by atoms with E-state index >= 15 is 4.39 Å². The fourth-order valence-electron chi connectivity index (χ4n) is 10.1. The van der Waals surface area contributed by atoms with Gasteiger partial charge in [-0.1, -0.05) is 165 Å². The third kappa shape index (κ3) is 7.35. The zero-order valence-electron chi connectivity index (χ0n) is 39.7. The summed E-state index contributed by atoms with van der Waals surface area (Å²) in [6.07, 6.45) is 1.90. The van der Waals surface area contributed by atoms with Gasteiger partial charge in [0, 0.05) is 28.3 Å². The van der Waals surface area contributed by atoms with Crippen molar-refractivity contribution in [3.05, 3.63) is 227 Å². The van der Waals surface area contributed by atoms with Gasteiger partial charge in [0.1, 0.15) is 18.3 Å². The number of nitrogens with zero attached hydrogens (tertiary/aromatic N) is 4. The maximum atomic E-state index is 15.2. The summed E-state index contributed by atoms with van der Waals surface area (Å²) in [7, 11) is 0. The van der Waals surface area contributed by atoms with Crippen LogP contribution in [0, 0.1) is 5.82 Å². The normalized spacial score (nSPS) is 13.5. The van der Waals surface area contributed by atoms with Gasteiger partial charge in [-0.2, -0.15) is 0 Å². The van der Waals surface area contributed by atoms with Crippen LogP contribution < -0.4 is 9.80 Å². The molecule has 0 unspecified atom stereocenters. The summed E-state index contributed by atoms with van der Waals surface area (Å²) in [6.45, 7) is 21.1. The summed E-state index contributed by atoms with van der Waals surface area (Å²) in [5, 5.41) is 1.82. The second kappa shape index (κ2) is 15.9. The summed E-state index contributed by atoms with van der Waals surface area (Å²) in [5.74, 6) is 0.540. The van der Waals surface area contributed by atoms with E-state index in [0.29, 0.717) is 6.67 Å². The van der Waals surface area contributed by atoms with Crippen LogP contribution in [-0.2, 0) is 21.7 Å². The second-order valence-electron chi connectivity index (χ2n) is 21.2. The van der Waals surface area contributed by atoms with Crippen molar-refractivity contribution in [2.45, 2.75) is 84.0 Å². The van der Waals surface area contributed by atoms with Crippen LogP contribution >= 0.6 is 0 Å². The molecule has 0 spiro atoms. The molecule has 0 atom stereocenters. The molecule has 66 heavy (non-hydrogen) atoms. The summed E-state index contributed by atoms with van der Waals surface area (Å²) in [5.41, 5.74) is 14.0. The second-order valence-corrected chi connectivity index (χ2v) is 21.2. The highest BCUT2D eigenvalue weighted by atomic mass is 19.1. The van der Waals surface area contributed by atoms with E-state index in [2.05, 4.69) is 234 Å². The standard InChI is InChI=1S/C61H59FN4/c1-58(2,3)43-31-32-63-57(38-43)66-53-30-28-48(62)39-52(53)51-29-27-45(37-56(51)66)61(41-19-12-10-13-20-41,42-21-14-11-15-22-42)44-23-18-24-49(34-44)64-40-65(55-26-17-16-25-54(55)64)50-35-46(59(4,5)6)33-47(36-50)60(7,8)9/h10-39H,40H2,1-9H3. The van der Waals surface area contributed by atoms with Gasteiger partial charge in [-0.3, -0.25) is 4.57 Å². The average molecular weight is 867 g/mol. The van der Waals surface area contributed by atoms with Crippen molar-refractivity contribution in [1.29, 1.82) is 0 Å². The first kappa shape index (κ1) is 42.9. The van der Waals surface area contributed by atoms with Crippen LogP contribution in [0.15, 0.2) is 182 Å². The Balaban J connectivity index is 1.20. The smallest absolute Gasteiger partial charge is 0.137 e. The van der Waals surface area contributed by atoms with Gasteiger partial charge in [-0.15, -0.1) is 0 Å². The van der Waals surface area contributed by atoms with E-state index in [1.807, 2.05) is 12.3 Å². The van der Waals surface area contributed by atoms with Crippen LogP contribution in [0.4, 0.5) is 27.1 Å². The van der Waals surface area contributed by atoms with Crippen LogP contribution in [0.1, 0.15) is 101 Å². The van der Waals surface area contributed by atoms with Crippen molar-refractivity contribution < 1.29 is 4.39 Å². The third-order valence-corrected chi connectivity index (χ3v) is 13.7. The van der Waals surface area contributed by atoms with Gasteiger partial charge in [0.25, 0.3) is 0 Å². The van der Waals surface area contributed by atoms with E-state index in [-0.39, 0.29) is 22.1 Å². The Bertz CT molecular complexity index is 3180. The fraction of sp³-hybridized carbons (Fsp3) is 0.230. The zero-order valence-corrected chi connectivity index (χ0v) is 39.7. The largest absolute Gasteiger partial charge is 0.321 e. The molecule has 1 aliphatic rings. The monoisotopic (exact) mass is 866 g/mol. The SMILES string of the molecule is CC(C)(C)c1cc(N2CN(c3cccc(C(c4ccccc4)(c4ccccc4)c4ccc5c6cc(F)ccc6n(-c6cc(C(C)(C)C)ccn6)c5c4)c3)c3ccccc32)cc(C(C)(C)C)c1. The lowest BCUT2D eigenvalue weighted by atomic mass is 9.65. The molecule has 1 aliphatic heterocycles. The lowest BCUT2D eigenvalue weighted by molar-refractivity contribution is 0.568. The predicted molar refractivity (Wildman–Crippen MR) is 275 cm³/mol. The Kier molecular flexibility index (Phi) is 10.3. The first-order valence-corrected chi connectivity index (χ1v) is 23.2. The van der Waals surface area contributed by atoms with Crippen LogP contribution in [0.3, 0.4) is 0 Å². The van der Waals surface area contributed by atoms with Crippen molar-refractivity contribution >= 4 is 44.6 Å². The van der Waals surface area contributed by atoms with E-state index < -0.39 is 5.41 Å². The first-order chi connectivity index (χ1) is 31.5. The molecular weight excluding hydrogens is 808 g/mol. The third-order valence-electron chi connectivity index (χ3n) is 13.7.